The summed E-state index contributed by atoms with van der Waals surface area (Å²) in [6.45, 7) is 1.97. The number of carbonyl (C=O) groups is 1. The Labute approximate surface area is 176 Å². The average molecular weight is 393 g/mol. The first-order chi connectivity index (χ1) is 14.6. The monoisotopic (exact) mass is 393 g/mol. The molecule has 4 nitrogen and oxygen atoms in total. The van der Waals surface area contributed by atoms with E-state index in [1.165, 1.54) is 5.56 Å². The van der Waals surface area contributed by atoms with E-state index in [4.69, 9.17) is 5.10 Å². The van der Waals surface area contributed by atoms with Gasteiger partial charge >= 0.3 is 0 Å². The van der Waals surface area contributed by atoms with Crippen molar-refractivity contribution in [3.63, 3.8) is 0 Å². The predicted molar refractivity (Wildman–Crippen MR) is 116 cm³/mol. The minimum absolute atomic E-state index is 0.0447. The van der Waals surface area contributed by atoms with Gasteiger partial charge in [0, 0.05) is 24.1 Å². The molecule has 0 radical (unpaired) electrons. The van der Waals surface area contributed by atoms with Crippen molar-refractivity contribution in [3.8, 4) is 17.3 Å². The SMILES string of the molecule is C[C@@H]1C(=O)C(C#N)=C[C@]2(c3ccccc3)c3nn(C)c(-c4ccccc4)c3CC[C@@H]12. The Balaban J connectivity index is 1.85. The second-order valence-corrected chi connectivity index (χ2v) is 8.37. The van der Waals surface area contributed by atoms with Gasteiger partial charge in [0.05, 0.1) is 22.4 Å². The molecule has 0 N–H and O–H groups in total. The van der Waals surface area contributed by atoms with Crippen molar-refractivity contribution in [2.45, 2.75) is 25.2 Å². The first-order valence-electron chi connectivity index (χ1n) is 10.4. The quantitative estimate of drug-likeness (QED) is 0.639. The molecule has 0 aliphatic heterocycles. The first-order valence-corrected chi connectivity index (χ1v) is 10.4. The van der Waals surface area contributed by atoms with Crippen molar-refractivity contribution >= 4 is 5.78 Å². The summed E-state index contributed by atoms with van der Waals surface area (Å²) < 4.78 is 1.97. The molecule has 0 saturated carbocycles. The molecule has 0 unspecified atom stereocenters. The number of ketones is 1. The number of Topliss-reactive ketones (excluding diaryl/α,β-unsaturated/α-hetero) is 1. The maximum absolute atomic E-state index is 12.9. The largest absolute Gasteiger partial charge is 0.293 e. The number of carbonyl (C=O) groups excluding carboxylic acids is 1. The molecule has 0 spiro atoms. The average Bonchev–Trinajstić information content (AvgIpc) is 3.13. The maximum atomic E-state index is 12.9. The van der Waals surface area contributed by atoms with Crippen LogP contribution < -0.4 is 0 Å². The molecule has 0 amide bonds. The highest BCUT2D eigenvalue weighted by molar-refractivity contribution is 6.02. The smallest absolute Gasteiger partial charge is 0.176 e. The zero-order valence-electron chi connectivity index (χ0n) is 17.2. The van der Waals surface area contributed by atoms with Gasteiger partial charge in [-0.3, -0.25) is 9.48 Å². The number of aryl methyl sites for hydroxylation is 1. The van der Waals surface area contributed by atoms with Gasteiger partial charge in [0.1, 0.15) is 6.07 Å². The summed E-state index contributed by atoms with van der Waals surface area (Å²) in [5.74, 6) is -0.188. The van der Waals surface area contributed by atoms with Crippen LogP contribution in [0.1, 0.15) is 30.2 Å². The summed E-state index contributed by atoms with van der Waals surface area (Å²) in [6.07, 6.45) is 3.67. The van der Waals surface area contributed by atoms with Gasteiger partial charge in [0.25, 0.3) is 0 Å². The Kier molecular flexibility index (Phi) is 4.22. The normalized spacial score (nSPS) is 25.1. The molecule has 2 aromatic carbocycles. The van der Waals surface area contributed by atoms with Gasteiger partial charge in [-0.1, -0.05) is 67.6 Å². The number of nitriles is 1. The molecular formula is C26H23N3O. The van der Waals surface area contributed by atoms with E-state index in [-0.39, 0.29) is 23.2 Å². The lowest BCUT2D eigenvalue weighted by atomic mass is 9.54. The van der Waals surface area contributed by atoms with E-state index in [1.54, 1.807) is 0 Å². The van der Waals surface area contributed by atoms with Gasteiger partial charge < -0.3 is 0 Å². The Morgan fingerprint density at radius 1 is 1.10 bits per heavy atom. The van der Waals surface area contributed by atoms with E-state index < -0.39 is 5.41 Å². The zero-order chi connectivity index (χ0) is 20.9. The van der Waals surface area contributed by atoms with Crippen LogP contribution in [0.25, 0.3) is 11.3 Å². The minimum atomic E-state index is -0.571. The lowest BCUT2D eigenvalue weighted by molar-refractivity contribution is -0.121. The van der Waals surface area contributed by atoms with Crippen LogP contribution in [0.2, 0.25) is 0 Å². The summed E-state index contributed by atoms with van der Waals surface area (Å²) in [5.41, 5.74) is 5.24. The predicted octanol–water partition coefficient (Wildman–Crippen LogP) is 4.60. The van der Waals surface area contributed by atoms with Crippen LogP contribution in [0.5, 0.6) is 0 Å². The Morgan fingerprint density at radius 2 is 1.77 bits per heavy atom. The van der Waals surface area contributed by atoms with Crippen LogP contribution in [-0.4, -0.2) is 15.6 Å². The molecule has 4 heteroatoms. The maximum Gasteiger partial charge on any atom is 0.176 e. The van der Waals surface area contributed by atoms with Gasteiger partial charge in [-0.2, -0.15) is 10.4 Å². The molecule has 2 aliphatic rings. The van der Waals surface area contributed by atoms with Crippen LogP contribution in [0.3, 0.4) is 0 Å². The molecule has 0 bridgehead atoms. The van der Waals surface area contributed by atoms with E-state index >= 15 is 0 Å². The molecular weight excluding hydrogens is 370 g/mol. The highest BCUT2D eigenvalue weighted by atomic mass is 16.1. The van der Waals surface area contributed by atoms with Crippen molar-refractivity contribution in [1.82, 2.24) is 9.78 Å². The number of hydrogen-bond donors (Lipinski definition) is 0. The number of hydrogen-bond acceptors (Lipinski definition) is 3. The summed E-state index contributed by atoms with van der Waals surface area (Å²) in [7, 11) is 1.99. The lowest BCUT2D eigenvalue weighted by Gasteiger charge is -2.47. The van der Waals surface area contributed by atoms with Crippen LogP contribution in [-0.2, 0) is 23.7 Å². The Morgan fingerprint density at radius 3 is 2.43 bits per heavy atom. The van der Waals surface area contributed by atoms with Crippen LogP contribution >= 0.6 is 0 Å². The van der Waals surface area contributed by atoms with Crippen LogP contribution in [0.4, 0.5) is 0 Å². The van der Waals surface area contributed by atoms with E-state index in [9.17, 15) is 10.1 Å². The highest BCUT2D eigenvalue weighted by Crippen LogP contribution is 2.54. The van der Waals surface area contributed by atoms with Crippen molar-refractivity contribution < 1.29 is 4.79 Å². The van der Waals surface area contributed by atoms with Crippen molar-refractivity contribution in [2.75, 3.05) is 0 Å². The molecule has 148 valence electrons. The molecule has 0 fully saturated rings. The number of allylic oxidation sites excluding steroid dienone is 2. The third kappa shape index (κ3) is 2.45. The van der Waals surface area contributed by atoms with Crippen molar-refractivity contribution in [3.05, 3.63) is 89.1 Å². The van der Waals surface area contributed by atoms with E-state index in [2.05, 4.69) is 30.3 Å². The third-order valence-corrected chi connectivity index (χ3v) is 6.90. The zero-order valence-corrected chi connectivity index (χ0v) is 17.2. The van der Waals surface area contributed by atoms with E-state index in [0.29, 0.717) is 0 Å². The number of benzene rings is 2. The second kappa shape index (κ2) is 6.81. The fourth-order valence-electron chi connectivity index (χ4n) is 5.58. The fraction of sp³-hybridized carbons (Fsp3) is 0.269. The van der Waals surface area contributed by atoms with Gasteiger partial charge in [-0.15, -0.1) is 0 Å². The first kappa shape index (κ1) is 18.6. The summed E-state index contributed by atoms with van der Waals surface area (Å²) >= 11 is 0. The topological polar surface area (TPSA) is 58.7 Å². The number of aromatic nitrogens is 2. The molecule has 3 aromatic rings. The van der Waals surface area contributed by atoms with Crippen molar-refractivity contribution in [2.24, 2.45) is 18.9 Å². The number of rotatable bonds is 2. The van der Waals surface area contributed by atoms with E-state index in [0.717, 1.165) is 35.4 Å². The molecule has 3 atom stereocenters. The van der Waals surface area contributed by atoms with Crippen LogP contribution in [0.15, 0.2) is 72.3 Å². The summed E-state index contributed by atoms with van der Waals surface area (Å²) in [4.78, 5) is 12.9. The van der Waals surface area contributed by atoms with Crippen molar-refractivity contribution in [1.29, 1.82) is 5.26 Å². The molecule has 5 rings (SSSR count). The summed E-state index contributed by atoms with van der Waals surface area (Å²) in [6, 6.07) is 22.8. The molecule has 1 aromatic heterocycles. The molecule has 1 heterocycles. The summed E-state index contributed by atoms with van der Waals surface area (Å²) in [5, 5.41) is 14.8. The van der Waals surface area contributed by atoms with E-state index in [1.807, 2.05) is 61.1 Å². The van der Waals surface area contributed by atoms with Gasteiger partial charge in [0.15, 0.2) is 5.78 Å². The van der Waals surface area contributed by atoms with Gasteiger partial charge in [0.2, 0.25) is 0 Å². The number of fused-ring (bicyclic) bond motifs is 3. The fourth-order valence-corrected chi connectivity index (χ4v) is 5.58. The lowest BCUT2D eigenvalue weighted by Crippen LogP contribution is -2.48. The van der Waals surface area contributed by atoms with Gasteiger partial charge in [-0.25, -0.2) is 0 Å². The minimum Gasteiger partial charge on any atom is -0.293 e. The third-order valence-electron chi connectivity index (χ3n) is 6.90. The highest BCUT2D eigenvalue weighted by Gasteiger charge is 2.53. The van der Waals surface area contributed by atoms with Gasteiger partial charge in [-0.05, 0) is 30.4 Å². The standard InChI is InChI=1S/C26H23N3O/c1-17-22-14-13-21-23(18-9-5-3-6-10-18)29(2)28-25(21)26(22,15-19(16-27)24(17)30)20-11-7-4-8-12-20/h3-12,15,17,22H,13-14H2,1-2H3/t17-,22-,26+/m0/s1. The molecule has 30 heavy (non-hydrogen) atoms. The Hall–Kier alpha value is -3.45. The second-order valence-electron chi connectivity index (χ2n) is 8.37. The van der Waals surface area contributed by atoms with Crippen LogP contribution in [0, 0.1) is 23.2 Å². The molecule has 0 saturated heterocycles. The molecule has 2 aliphatic carbocycles. The Bertz CT molecular complexity index is 1200. The number of nitrogens with zero attached hydrogens (tertiary/aromatic N) is 3.